The zero-order chi connectivity index (χ0) is 14.7. The normalized spacial score (nSPS) is 12.4. The first-order valence-corrected chi connectivity index (χ1v) is 6.52. The van der Waals surface area contributed by atoms with Crippen LogP contribution in [-0.4, -0.2) is 24.1 Å². The van der Waals surface area contributed by atoms with E-state index < -0.39 is 6.04 Å². The molecule has 0 spiro atoms. The molecular weight excluding hydrogens is 254 g/mol. The maximum atomic E-state index is 11.8. The third-order valence-corrected chi connectivity index (χ3v) is 3.24. The molecule has 0 saturated heterocycles. The number of nitrogens with zero attached hydrogens (tertiary/aromatic N) is 1. The number of benzene rings is 1. The maximum absolute atomic E-state index is 11.8. The molecule has 0 aliphatic rings. The Bertz CT molecular complexity index is 626. The summed E-state index contributed by atoms with van der Waals surface area (Å²) in [6.45, 7) is 3.93. The minimum Gasteiger partial charge on any atom is -0.467 e. The number of hydrogen-bond donors (Lipinski definition) is 2. The zero-order valence-corrected chi connectivity index (χ0v) is 11.9. The van der Waals surface area contributed by atoms with Crippen LogP contribution in [0.3, 0.4) is 0 Å². The van der Waals surface area contributed by atoms with Crippen molar-refractivity contribution in [3.05, 3.63) is 30.5 Å². The average molecular weight is 273 g/mol. The van der Waals surface area contributed by atoms with Crippen molar-refractivity contribution in [3.8, 4) is 0 Å². The van der Waals surface area contributed by atoms with Gasteiger partial charge in [0.1, 0.15) is 6.04 Å². The number of aromatic nitrogens is 1. The number of anilines is 2. The number of para-hydroxylation sites is 1. The number of methoxy groups -OCH3 is 1. The van der Waals surface area contributed by atoms with E-state index in [1.807, 2.05) is 32.0 Å². The van der Waals surface area contributed by atoms with Gasteiger partial charge in [-0.15, -0.1) is 0 Å². The molecule has 0 fully saturated rings. The molecule has 5 heteroatoms. The van der Waals surface area contributed by atoms with E-state index in [0.29, 0.717) is 5.69 Å². The molecule has 3 N–H and O–H groups in total. The third-order valence-electron chi connectivity index (χ3n) is 3.24. The van der Waals surface area contributed by atoms with E-state index in [4.69, 9.17) is 10.5 Å². The second-order valence-electron chi connectivity index (χ2n) is 4.99. The van der Waals surface area contributed by atoms with E-state index >= 15 is 0 Å². The Balaban J connectivity index is 2.43. The molecule has 0 aliphatic carbocycles. The number of nitrogen functional groups attached to an aromatic ring is 1. The lowest BCUT2D eigenvalue weighted by molar-refractivity contribution is -0.142. The van der Waals surface area contributed by atoms with Gasteiger partial charge in [0.25, 0.3) is 0 Å². The highest BCUT2D eigenvalue weighted by atomic mass is 16.5. The van der Waals surface area contributed by atoms with Gasteiger partial charge in [0, 0.05) is 17.3 Å². The van der Waals surface area contributed by atoms with Crippen LogP contribution in [0.2, 0.25) is 0 Å². The van der Waals surface area contributed by atoms with Gasteiger partial charge in [-0.05, 0) is 18.1 Å². The number of nitrogens with one attached hydrogen (secondary N) is 1. The van der Waals surface area contributed by atoms with Crippen molar-refractivity contribution in [1.82, 2.24) is 4.98 Å². The van der Waals surface area contributed by atoms with Crippen LogP contribution in [0, 0.1) is 5.92 Å². The molecule has 0 radical (unpaired) electrons. The van der Waals surface area contributed by atoms with Gasteiger partial charge in [0.05, 0.1) is 18.3 Å². The number of ether oxygens (including phenoxy) is 1. The number of carbonyl (C=O) groups is 1. The molecule has 5 nitrogen and oxygen atoms in total. The van der Waals surface area contributed by atoms with Crippen molar-refractivity contribution in [2.75, 3.05) is 18.2 Å². The van der Waals surface area contributed by atoms with E-state index in [9.17, 15) is 4.79 Å². The molecule has 1 atom stereocenters. The Morgan fingerprint density at radius 2 is 2.10 bits per heavy atom. The molecule has 106 valence electrons. The first-order chi connectivity index (χ1) is 9.54. The lowest BCUT2D eigenvalue weighted by Gasteiger charge is -2.21. The fraction of sp³-hybridized carbons (Fsp3) is 0.333. The van der Waals surface area contributed by atoms with Crippen LogP contribution < -0.4 is 11.1 Å². The predicted molar refractivity (Wildman–Crippen MR) is 80.4 cm³/mol. The Morgan fingerprint density at radius 1 is 1.35 bits per heavy atom. The summed E-state index contributed by atoms with van der Waals surface area (Å²) < 4.78 is 4.84. The largest absolute Gasteiger partial charge is 0.467 e. The van der Waals surface area contributed by atoms with E-state index in [2.05, 4.69) is 10.3 Å². The monoisotopic (exact) mass is 273 g/mol. The molecule has 1 unspecified atom stereocenters. The summed E-state index contributed by atoms with van der Waals surface area (Å²) in [6.07, 6.45) is 1.68. The highest BCUT2D eigenvalue weighted by Crippen LogP contribution is 2.26. The van der Waals surface area contributed by atoms with Gasteiger partial charge >= 0.3 is 5.97 Å². The standard InChI is InChI=1S/C15H19N3O2/c1-9(2)13(15(19)20-3)18-12-7-8-17-14-10(12)5-4-6-11(14)16/h4-9,13H,16H2,1-3H3,(H,17,18). The van der Waals surface area contributed by atoms with Crippen LogP contribution in [0.1, 0.15) is 13.8 Å². The van der Waals surface area contributed by atoms with Crippen LogP contribution in [0.4, 0.5) is 11.4 Å². The summed E-state index contributed by atoms with van der Waals surface area (Å²) in [7, 11) is 1.39. The molecule has 0 amide bonds. The minimum atomic E-state index is -0.410. The van der Waals surface area contributed by atoms with Gasteiger partial charge in [0.15, 0.2) is 0 Å². The molecule has 1 heterocycles. The lowest BCUT2D eigenvalue weighted by Crippen LogP contribution is -2.35. The average Bonchev–Trinajstić information content (AvgIpc) is 2.44. The highest BCUT2D eigenvalue weighted by molar-refractivity contribution is 5.98. The molecular formula is C15H19N3O2. The van der Waals surface area contributed by atoms with Gasteiger partial charge < -0.3 is 15.8 Å². The number of nitrogens with two attached hydrogens (primary N) is 1. The second kappa shape index (κ2) is 5.77. The number of fused-ring (bicyclic) bond motifs is 1. The Kier molecular flexibility index (Phi) is 4.08. The summed E-state index contributed by atoms with van der Waals surface area (Å²) in [5.41, 5.74) is 8.09. The molecule has 1 aromatic heterocycles. The summed E-state index contributed by atoms with van der Waals surface area (Å²) >= 11 is 0. The van der Waals surface area contributed by atoms with Gasteiger partial charge in [-0.3, -0.25) is 4.98 Å². The van der Waals surface area contributed by atoms with Crippen LogP contribution in [0.5, 0.6) is 0 Å². The van der Waals surface area contributed by atoms with Crippen molar-refractivity contribution in [3.63, 3.8) is 0 Å². The van der Waals surface area contributed by atoms with Crippen molar-refractivity contribution in [2.24, 2.45) is 5.92 Å². The third kappa shape index (κ3) is 2.66. The second-order valence-corrected chi connectivity index (χ2v) is 4.99. The lowest BCUT2D eigenvalue weighted by atomic mass is 10.0. The summed E-state index contributed by atoms with van der Waals surface area (Å²) in [4.78, 5) is 16.1. The summed E-state index contributed by atoms with van der Waals surface area (Å²) in [5, 5.41) is 4.12. The predicted octanol–water partition coefficient (Wildman–Crippen LogP) is 2.43. The van der Waals surface area contributed by atoms with Crippen LogP contribution in [0.15, 0.2) is 30.5 Å². The molecule has 2 aromatic rings. The highest BCUT2D eigenvalue weighted by Gasteiger charge is 2.23. The molecule has 0 bridgehead atoms. The Hall–Kier alpha value is -2.30. The summed E-state index contributed by atoms with van der Waals surface area (Å²) in [6, 6.07) is 7.02. The quantitative estimate of drug-likeness (QED) is 0.661. The molecule has 0 saturated carbocycles. The van der Waals surface area contributed by atoms with Gasteiger partial charge in [-0.1, -0.05) is 26.0 Å². The first kappa shape index (κ1) is 14.1. The smallest absolute Gasteiger partial charge is 0.328 e. The number of rotatable bonds is 4. The van der Waals surface area contributed by atoms with Gasteiger partial charge in [-0.2, -0.15) is 0 Å². The van der Waals surface area contributed by atoms with E-state index in [0.717, 1.165) is 16.6 Å². The van der Waals surface area contributed by atoms with E-state index in [1.165, 1.54) is 7.11 Å². The number of carbonyl (C=O) groups excluding carboxylic acids is 1. The van der Waals surface area contributed by atoms with Gasteiger partial charge in [-0.25, -0.2) is 4.79 Å². The molecule has 0 aliphatic heterocycles. The molecule has 20 heavy (non-hydrogen) atoms. The van der Waals surface area contributed by atoms with Gasteiger partial charge in [0.2, 0.25) is 0 Å². The van der Waals surface area contributed by atoms with Crippen molar-refractivity contribution in [1.29, 1.82) is 0 Å². The fourth-order valence-electron chi connectivity index (χ4n) is 2.12. The van der Waals surface area contributed by atoms with Crippen LogP contribution in [0.25, 0.3) is 10.9 Å². The Labute approximate surface area is 118 Å². The van der Waals surface area contributed by atoms with Crippen LogP contribution >= 0.6 is 0 Å². The van der Waals surface area contributed by atoms with E-state index in [1.54, 1.807) is 12.3 Å². The topological polar surface area (TPSA) is 77.2 Å². The minimum absolute atomic E-state index is 0.103. The van der Waals surface area contributed by atoms with Crippen LogP contribution in [-0.2, 0) is 9.53 Å². The number of hydrogen-bond acceptors (Lipinski definition) is 5. The molecule has 1 aromatic carbocycles. The zero-order valence-electron chi connectivity index (χ0n) is 11.9. The van der Waals surface area contributed by atoms with Crippen molar-refractivity contribution >= 4 is 28.2 Å². The maximum Gasteiger partial charge on any atom is 0.328 e. The van der Waals surface area contributed by atoms with Crippen molar-refractivity contribution in [2.45, 2.75) is 19.9 Å². The van der Waals surface area contributed by atoms with Crippen molar-refractivity contribution < 1.29 is 9.53 Å². The fourth-order valence-corrected chi connectivity index (χ4v) is 2.12. The van der Waals surface area contributed by atoms with E-state index in [-0.39, 0.29) is 11.9 Å². The summed E-state index contributed by atoms with van der Waals surface area (Å²) in [5.74, 6) is -0.180. The number of pyridine rings is 1. The first-order valence-electron chi connectivity index (χ1n) is 6.52. The number of esters is 1. The Morgan fingerprint density at radius 3 is 2.75 bits per heavy atom. The SMILES string of the molecule is COC(=O)C(Nc1ccnc2c(N)cccc12)C(C)C. The molecule has 2 rings (SSSR count).